The summed E-state index contributed by atoms with van der Waals surface area (Å²) in [6.45, 7) is -0.0341. The topological polar surface area (TPSA) is 61.4 Å². The van der Waals surface area contributed by atoms with Crippen LogP contribution in [0.2, 0.25) is 0 Å². The molecule has 4 nitrogen and oxygen atoms in total. The van der Waals surface area contributed by atoms with Gasteiger partial charge in [0.2, 0.25) is 0 Å². The summed E-state index contributed by atoms with van der Waals surface area (Å²) in [6.07, 6.45) is 3.27. The molecule has 5 heteroatoms. The molecule has 0 saturated heterocycles. The Balaban J connectivity index is 2.09. The van der Waals surface area contributed by atoms with Crippen LogP contribution in [0.4, 0.5) is 9.18 Å². The molecular formula is C10H19FN2O2. The lowest BCUT2D eigenvalue weighted by atomic mass is 9.93. The summed E-state index contributed by atoms with van der Waals surface area (Å²) >= 11 is 0. The zero-order chi connectivity index (χ0) is 11.1. The van der Waals surface area contributed by atoms with Gasteiger partial charge in [0.1, 0.15) is 0 Å². The van der Waals surface area contributed by atoms with E-state index in [1.54, 1.807) is 0 Å². The predicted molar refractivity (Wildman–Crippen MR) is 55.4 cm³/mol. The second kappa shape index (κ2) is 6.61. The van der Waals surface area contributed by atoms with E-state index in [9.17, 15) is 14.3 Å². The molecule has 0 aliphatic heterocycles. The third-order valence-electron chi connectivity index (χ3n) is 2.63. The number of alkyl halides is 1. The van der Waals surface area contributed by atoms with Crippen molar-refractivity contribution in [2.45, 2.75) is 44.2 Å². The van der Waals surface area contributed by atoms with Crippen molar-refractivity contribution < 1.29 is 14.3 Å². The highest BCUT2D eigenvalue weighted by atomic mass is 19.1. The summed E-state index contributed by atoms with van der Waals surface area (Å²) in [5, 5.41) is 14.7. The Morgan fingerprint density at radius 1 is 1.33 bits per heavy atom. The number of halogens is 1. The Morgan fingerprint density at radius 3 is 2.60 bits per heavy atom. The fourth-order valence-electron chi connectivity index (χ4n) is 1.73. The van der Waals surface area contributed by atoms with E-state index in [0.29, 0.717) is 13.0 Å². The smallest absolute Gasteiger partial charge is 0.315 e. The number of aliphatic hydroxyl groups excluding tert-OH is 1. The Labute approximate surface area is 89.2 Å². The van der Waals surface area contributed by atoms with Gasteiger partial charge in [-0.15, -0.1) is 0 Å². The van der Waals surface area contributed by atoms with Crippen LogP contribution in [0.3, 0.4) is 0 Å². The molecular weight excluding hydrogens is 199 g/mol. The van der Waals surface area contributed by atoms with Crippen molar-refractivity contribution in [1.29, 1.82) is 0 Å². The maximum absolute atomic E-state index is 11.7. The lowest BCUT2D eigenvalue weighted by molar-refractivity contribution is 0.117. The van der Waals surface area contributed by atoms with Gasteiger partial charge in [-0.05, 0) is 32.1 Å². The van der Waals surface area contributed by atoms with E-state index in [1.165, 1.54) is 0 Å². The van der Waals surface area contributed by atoms with E-state index in [-0.39, 0.29) is 18.2 Å². The van der Waals surface area contributed by atoms with Crippen molar-refractivity contribution >= 4 is 6.03 Å². The van der Waals surface area contributed by atoms with Crippen LogP contribution in [0.1, 0.15) is 32.1 Å². The normalized spacial score (nSPS) is 26.0. The predicted octanol–water partition coefficient (Wildman–Crippen LogP) is 0.949. The Morgan fingerprint density at radius 2 is 2.00 bits per heavy atom. The van der Waals surface area contributed by atoms with Gasteiger partial charge in [0.25, 0.3) is 0 Å². The molecule has 1 saturated carbocycles. The van der Waals surface area contributed by atoms with Crippen molar-refractivity contribution in [3.63, 3.8) is 0 Å². The Bertz CT molecular complexity index is 194. The average molecular weight is 218 g/mol. The quantitative estimate of drug-likeness (QED) is 0.615. The van der Waals surface area contributed by atoms with Gasteiger partial charge in [0.05, 0.1) is 12.8 Å². The van der Waals surface area contributed by atoms with E-state index in [0.717, 1.165) is 25.7 Å². The third-order valence-corrected chi connectivity index (χ3v) is 2.63. The van der Waals surface area contributed by atoms with Gasteiger partial charge in [-0.1, -0.05) is 0 Å². The number of nitrogens with one attached hydrogen (secondary N) is 2. The molecule has 1 aliphatic rings. The van der Waals surface area contributed by atoms with E-state index < -0.39 is 6.67 Å². The number of amides is 2. The summed E-state index contributed by atoms with van der Waals surface area (Å²) in [5.41, 5.74) is 0. The summed E-state index contributed by atoms with van der Waals surface area (Å²) in [5.74, 6) is 0. The molecule has 15 heavy (non-hydrogen) atoms. The first kappa shape index (κ1) is 12.2. The van der Waals surface area contributed by atoms with Crippen LogP contribution in [0, 0.1) is 0 Å². The number of hydrogen-bond donors (Lipinski definition) is 3. The molecule has 0 aromatic carbocycles. The zero-order valence-corrected chi connectivity index (χ0v) is 8.84. The molecule has 0 spiro atoms. The summed E-state index contributed by atoms with van der Waals surface area (Å²) in [4.78, 5) is 11.3. The highest BCUT2D eigenvalue weighted by Crippen LogP contribution is 2.17. The lowest BCUT2D eigenvalue weighted by Crippen LogP contribution is -2.44. The third kappa shape index (κ3) is 4.97. The number of carbonyl (C=O) groups excluding carboxylic acids is 1. The van der Waals surface area contributed by atoms with Gasteiger partial charge in [0, 0.05) is 12.6 Å². The van der Waals surface area contributed by atoms with Gasteiger partial charge < -0.3 is 15.7 Å². The molecule has 88 valence electrons. The van der Waals surface area contributed by atoms with E-state index in [1.807, 2.05) is 0 Å². The highest BCUT2D eigenvalue weighted by molar-refractivity contribution is 5.74. The van der Waals surface area contributed by atoms with E-state index >= 15 is 0 Å². The standard InChI is InChI=1S/C10H19FN2O2/c11-6-1-7-12-10(15)13-8-2-4-9(14)5-3-8/h8-9,14H,1-7H2,(H2,12,13,15). The highest BCUT2D eigenvalue weighted by Gasteiger charge is 2.20. The average Bonchev–Trinajstić information content (AvgIpc) is 2.22. The molecule has 0 heterocycles. The van der Waals surface area contributed by atoms with Crippen molar-refractivity contribution in [1.82, 2.24) is 10.6 Å². The molecule has 1 fully saturated rings. The summed E-state index contributed by atoms with van der Waals surface area (Å²) in [7, 11) is 0. The van der Waals surface area contributed by atoms with Crippen molar-refractivity contribution in [2.75, 3.05) is 13.2 Å². The minimum atomic E-state index is -0.407. The van der Waals surface area contributed by atoms with Crippen LogP contribution in [-0.2, 0) is 0 Å². The van der Waals surface area contributed by atoms with Gasteiger partial charge in [-0.25, -0.2) is 4.79 Å². The number of urea groups is 1. The molecule has 1 aliphatic carbocycles. The first-order valence-electron chi connectivity index (χ1n) is 5.50. The second-order valence-electron chi connectivity index (χ2n) is 3.95. The maximum Gasteiger partial charge on any atom is 0.315 e. The number of hydrogen-bond acceptors (Lipinski definition) is 2. The molecule has 0 aromatic rings. The molecule has 0 radical (unpaired) electrons. The number of carbonyl (C=O) groups is 1. The van der Waals surface area contributed by atoms with Crippen LogP contribution < -0.4 is 10.6 Å². The molecule has 2 amide bonds. The SMILES string of the molecule is O=C(NCCCF)NC1CCC(O)CC1. The lowest BCUT2D eigenvalue weighted by Gasteiger charge is -2.26. The minimum Gasteiger partial charge on any atom is -0.393 e. The fourth-order valence-corrected chi connectivity index (χ4v) is 1.73. The van der Waals surface area contributed by atoms with Gasteiger partial charge in [0.15, 0.2) is 0 Å². The summed E-state index contributed by atoms with van der Waals surface area (Å²) < 4.78 is 11.7. The number of aliphatic hydroxyl groups is 1. The first-order valence-corrected chi connectivity index (χ1v) is 5.50. The zero-order valence-electron chi connectivity index (χ0n) is 8.84. The van der Waals surface area contributed by atoms with Gasteiger partial charge in [-0.2, -0.15) is 0 Å². The van der Waals surface area contributed by atoms with Crippen LogP contribution in [-0.4, -0.2) is 36.5 Å². The van der Waals surface area contributed by atoms with Crippen molar-refractivity contribution in [3.8, 4) is 0 Å². The first-order chi connectivity index (χ1) is 7.22. The molecule has 0 unspecified atom stereocenters. The largest absolute Gasteiger partial charge is 0.393 e. The molecule has 1 rings (SSSR count). The Kier molecular flexibility index (Phi) is 5.39. The number of rotatable bonds is 4. The van der Waals surface area contributed by atoms with Crippen LogP contribution in [0.25, 0.3) is 0 Å². The van der Waals surface area contributed by atoms with Crippen LogP contribution in [0.5, 0.6) is 0 Å². The summed E-state index contributed by atoms with van der Waals surface area (Å²) in [6, 6.07) is -0.0800. The molecule has 0 aromatic heterocycles. The van der Waals surface area contributed by atoms with Crippen molar-refractivity contribution in [3.05, 3.63) is 0 Å². The van der Waals surface area contributed by atoms with Crippen LogP contribution in [0.15, 0.2) is 0 Å². The molecule has 3 N–H and O–H groups in total. The molecule has 0 bridgehead atoms. The monoisotopic (exact) mass is 218 g/mol. The molecule has 0 atom stereocenters. The van der Waals surface area contributed by atoms with E-state index in [4.69, 9.17) is 0 Å². The Hall–Kier alpha value is -0.840. The second-order valence-corrected chi connectivity index (χ2v) is 3.95. The van der Waals surface area contributed by atoms with E-state index in [2.05, 4.69) is 10.6 Å². The van der Waals surface area contributed by atoms with Gasteiger partial charge >= 0.3 is 6.03 Å². The fraction of sp³-hybridized carbons (Fsp3) is 0.900. The van der Waals surface area contributed by atoms with Crippen LogP contribution >= 0.6 is 0 Å². The van der Waals surface area contributed by atoms with Crippen molar-refractivity contribution in [2.24, 2.45) is 0 Å². The maximum atomic E-state index is 11.7. The minimum absolute atomic E-state index is 0.152. The van der Waals surface area contributed by atoms with Gasteiger partial charge in [-0.3, -0.25) is 4.39 Å².